The Morgan fingerprint density at radius 3 is 1.87 bits per heavy atom. The fourth-order valence-electron chi connectivity index (χ4n) is 2.44. The van der Waals surface area contributed by atoms with E-state index in [0.29, 0.717) is 22.7 Å². The number of alkyl halides is 6. The second-order valence-corrected chi connectivity index (χ2v) is 6.72. The Kier molecular flexibility index (Phi) is 7.02. The maximum atomic E-state index is 12.9. The molecule has 0 spiro atoms. The zero-order chi connectivity index (χ0) is 22.7. The van der Waals surface area contributed by atoms with Crippen LogP contribution in [0.4, 0.5) is 26.3 Å². The van der Waals surface area contributed by atoms with E-state index in [1.165, 1.54) is 36.2 Å². The third kappa shape index (κ3) is 6.12. The highest BCUT2D eigenvalue weighted by Crippen LogP contribution is 2.36. The number of amides is 2. The molecule has 2 aromatic rings. The molecule has 0 aliphatic heterocycles. The highest BCUT2D eigenvalue weighted by molar-refractivity contribution is 6.30. The second kappa shape index (κ2) is 8.95. The Labute approximate surface area is 172 Å². The first-order valence-corrected chi connectivity index (χ1v) is 8.75. The summed E-state index contributed by atoms with van der Waals surface area (Å²) >= 11 is 5.74. The summed E-state index contributed by atoms with van der Waals surface area (Å²) in [4.78, 5) is 25.6. The molecule has 30 heavy (non-hydrogen) atoms. The molecule has 1 N–H and O–H groups in total. The SMILES string of the molecule is CN(CCNC(=O)c1cc(C(F)(F)F)cc(C(F)(F)F)c1)C(=O)c1ccc(Cl)cc1. The number of nitrogens with zero attached hydrogens (tertiary/aromatic N) is 1. The van der Waals surface area contributed by atoms with E-state index in [-0.39, 0.29) is 19.2 Å². The monoisotopic (exact) mass is 452 g/mol. The van der Waals surface area contributed by atoms with Gasteiger partial charge < -0.3 is 10.2 Å². The summed E-state index contributed by atoms with van der Waals surface area (Å²) in [6, 6.07) is 6.62. The van der Waals surface area contributed by atoms with Gasteiger partial charge in [0.2, 0.25) is 0 Å². The number of benzene rings is 2. The van der Waals surface area contributed by atoms with Crippen LogP contribution in [0.15, 0.2) is 42.5 Å². The van der Waals surface area contributed by atoms with E-state index in [1.807, 2.05) is 0 Å². The van der Waals surface area contributed by atoms with Gasteiger partial charge in [-0.3, -0.25) is 9.59 Å². The van der Waals surface area contributed by atoms with Gasteiger partial charge in [0.25, 0.3) is 11.8 Å². The molecular weight excluding hydrogens is 438 g/mol. The van der Waals surface area contributed by atoms with Crippen molar-refractivity contribution >= 4 is 23.4 Å². The maximum Gasteiger partial charge on any atom is 0.416 e. The Morgan fingerprint density at radius 1 is 0.900 bits per heavy atom. The van der Waals surface area contributed by atoms with E-state index < -0.39 is 40.9 Å². The van der Waals surface area contributed by atoms with E-state index >= 15 is 0 Å². The number of likely N-dealkylation sites (N-methyl/N-ethyl adjacent to an activating group) is 1. The van der Waals surface area contributed by atoms with Crippen LogP contribution in [0, 0.1) is 0 Å². The molecule has 0 aliphatic carbocycles. The standard InChI is InChI=1S/C19H15ClF6N2O2/c1-28(17(30)11-2-4-15(20)5-3-11)7-6-27-16(29)12-8-13(18(21,22)23)10-14(9-12)19(24,25)26/h2-5,8-10H,6-7H2,1H3,(H,27,29). The van der Waals surface area contributed by atoms with Gasteiger partial charge in [-0.05, 0) is 42.5 Å². The normalized spacial score (nSPS) is 11.9. The van der Waals surface area contributed by atoms with Crippen LogP contribution >= 0.6 is 11.6 Å². The van der Waals surface area contributed by atoms with Gasteiger partial charge in [-0.1, -0.05) is 11.6 Å². The van der Waals surface area contributed by atoms with Crippen molar-refractivity contribution in [2.45, 2.75) is 12.4 Å². The Morgan fingerprint density at radius 2 is 1.40 bits per heavy atom. The largest absolute Gasteiger partial charge is 0.416 e. The molecular formula is C19H15ClF6N2O2. The number of carbonyl (C=O) groups excluding carboxylic acids is 2. The maximum absolute atomic E-state index is 12.9. The molecule has 162 valence electrons. The summed E-state index contributed by atoms with van der Waals surface area (Å²) < 4.78 is 77.3. The predicted octanol–water partition coefficient (Wildman–Crippen LogP) is 4.88. The van der Waals surface area contributed by atoms with Crippen LogP contribution in [0.25, 0.3) is 0 Å². The van der Waals surface area contributed by atoms with Gasteiger partial charge in [-0.2, -0.15) is 26.3 Å². The van der Waals surface area contributed by atoms with E-state index in [9.17, 15) is 35.9 Å². The number of hydrogen-bond acceptors (Lipinski definition) is 2. The highest BCUT2D eigenvalue weighted by atomic mass is 35.5. The van der Waals surface area contributed by atoms with Crippen molar-refractivity contribution in [2.75, 3.05) is 20.1 Å². The summed E-state index contributed by atoms with van der Waals surface area (Å²) in [5, 5.41) is 2.65. The molecule has 2 rings (SSSR count). The fraction of sp³-hybridized carbons (Fsp3) is 0.263. The molecule has 0 saturated heterocycles. The molecule has 0 aromatic heterocycles. The zero-order valence-electron chi connectivity index (χ0n) is 15.4. The minimum Gasteiger partial charge on any atom is -0.350 e. The first-order valence-electron chi connectivity index (χ1n) is 8.38. The molecule has 0 aliphatic rings. The Balaban J connectivity index is 2.07. The summed E-state index contributed by atoms with van der Waals surface area (Å²) in [5.41, 5.74) is -3.64. The van der Waals surface area contributed by atoms with E-state index in [2.05, 4.69) is 5.32 Å². The average molecular weight is 453 g/mol. The van der Waals surface area contributed by atoms with Crippen LogP contribution in [0.2, 0.25) is 5.02 Å². The topological polar surface area (TPSA) is 49.4 Å². The molecule has 0 unspecified atom stereocenters. The van der Waals surface area contributed by atoms with Crippen LogP contribution in [0.3, 0.4) is 0 Å². The number of halogens is 7. The molecule has 4 nitrogen and oxygen atoms in total. The van der Waals surface area contributed by atoms with Gasteiger partial charge in [0.05, 0.1) is 11.1 Å². The van der Waals surface area contributed by atoms with E-state index in [0.717, 1.165) is 0 Å². The summed E-state index contributed by atoms with van der Waals surface area (Å²) in [5.74, 6) is -1.53. The minimum absolute atomic E-state index is 0.0295. The number of hydrogen-bond donors (Lipinski definition) is 1. The molecule has 0 atom stereocenters. The second-order valence-electron chi connectivity index (χ2n) is 6.28. The number of nitrogens with one attached hydrogen (secondary N) is 1. The average Bonchev–Trinajstić information content (AvgIpc) is 2.66. The molecule has 0 saturated carbocycles. The van der Waals surface area contributed by atoms with Gasteiger partial charge in [0.1, 0.15) is 0 Å². The van der Waals surface area contributed by atoms with Gasteiger partial charge >= 0.3 is 12.4 Å². The molecule has 0 heterocycles. The third-order valence-electron chi connectivity index (χ3n) is 4.02. The lowest BCUT2D eigenvalue weighted by molar-refractivity contribution is -0.143. The first-order chi connectivity index (χ1) is 13.8. The van der Waals surface area contributed by atoms with Crippen LogP contribution < -0.4 is 5.32 Å². The van der Waals surface area contributed by atoms with Gasteiger partial charge in [0.15, 0.2) is 0 Å². The lowest BCUT2D eigenvalue weighted by Crippen LogP contribution is -2.36. The summed E-state index contributed by atoms with van der Waals surface area (Å²) in [6.07, 6.45) is -10.1. The highest BCUT2D eigenvalue weighted by Gasteiger charge is 2.37. The third-order valence-corrected chi connectivity index (χ3v) is 4.27. The van der Waals surface area contributed by atoms with Crippen LogP contribution in [-0.2, 0) is 12.4 Å². The van der Waals surface area contributed by atoms with Crippen molar-refractivity contribution in [1.82, 2.24) is 10.2 Å². The lowest BCUT2D eigenvalue weighted by atomic mass is 10.0. The van der Waals surface area contributed by atoms with Crippen molar-refractivity contribution in [1.29, 1.82) is 0 Å². The van der Waals surface area contributed by atoms with E-state index in [4.69, 9.17) is 11.6 Å². The summed E-state index contributed by atoms with van der Waals surface area (Å²) in [7, 11) is 1.43. The molecule has 0 fully saturated rings. The zero-order valence-corrected chi connectivity index (χ0v) is 16.1. The smallest absolute Gasteiger partial charge is 0.350 e. The Bertz CT molecular complexity index is 894. The fourth-order valence-corrected chi connectivity index (χ4v) is 2.57. The van der Waals surface area contributed by atoms with Crippen molar-refractivity contribution in [3.8, 4) is 0 Å². The number of rotatable bonds is 5. The van der Waals surface area contributed by atoms with Crippen molar-refractivity contribution in [3.63, 3.8) is 0 Å². The van der Waals surface area contributed by atoms with Gasteiger partial charge in [0, 0.05) is 36.3 Å². The van der Waals surface area contributed by atoms with Crippen molar-refractivity contribution < 1.29 is 35.9 Å². The van der Waals surface area contributed by atoms with Crippen LogP contribution in [-0.4, -0.2) is 36.9 Å². The summed E-state index contributed by atoms with van der Waals surface area (Å²) in [6.45, 7) is -0.218. The molecule has 0 radical (unpaired) electrons. The number of carbonyl (C=O) groups is 2. The van der Waals surface area contributed by atoms with Crippen LogP contribution in [0.1, 0.15) is 31.8 Å². The Hall–Kier alpha value is -2.75. The molecule has 11 heteroatoms. The van der Waals surface area contributed by atoms with Gasteiger partial charge in [-0.15, -0.1) is 0 Å². The van der Waals surface area contributed by atoms with E-state index in [1.54, 1.807) is 0 Å². The predicted molar refractivity (Wildman–Crippen MR) is 97.2 cm³/mol. The minimum atomic E-state index is -5.05. The van der Waals surface area contributed by atoms with Crippen LogP contribution in [0.5, 0.6) is 0 Å². The first kappa shape index (κ1) is 23.5. The lowest BCUT2D eigenvalue weighted by Gasteiger charge is -2.18. The molecule has 2 amide bonds. The quantitative estimate of drug-likeness (QED) is 0.657. The van der Waals surface area contributed by atoms with Crippen molar-refractivity contribution in [2.24, 2.45) is 0 Å². The molecule has 2 aromatic carbocycles. The van der Waals surface area contributed by atoms with Crippen molar-refractivity contribution in [3.05, 3.63) is 69.7 Å². The molecule has 0 bridgehead atoms. The van der Waals surface area contributed by atoms with Gasteiger partial charge in [-0.25, -0.2) is 0 Å².